The van der Waals surface area contributed by atoms with Crippen molar-refractivity contribution in [1.82, 2.24) is 0 Å². The molecule has 0 saturated carbocycles. The zero-order chi connectivity index (χ0) is 11.3. The van der Waals surface area contributed by atoms with E-state index in [1.54, 1.807) is 6.07 Å². The maximum absolute atomic E-state index is 12.0. The molecule has 0 saturated heterocycles. The van der Waals surface area contributed by atoms with E-state index in [0.29, 0.717) is 4.90 Å². The molecular formula is C11H15NO2S. The SMILES string of the molecule is Cc1ccc2c(c1)NC(C)(C)CS2(=O)=O. The predicted octanol–water partition coefficient (Wildman–Crippen LogP) is 1.97. The molecule has 1 N–H and O–H groups in total. The number of sulfone groups is 1. The first kappa shape index (κ1) is 10.5. The highest BCUT2D eigenvalue weighted by atomic mass is 32.2. The molecule has 0 atom stereocenters. The maximum atomic E-state index is 12.0. The average Bonchev–Trinajstić information content (AvgIpc) is 1.97. The minimum absolute atomic E-state index is 0.149. The molecule has 1 aliphatic heterocycles. The summed E-state index contributed by atoms with van der Waals surface area (Å²) in [6.45, 7) is 5.75. The van der Waals surface area contributed by atoms with E-state index in [-0.39, 0.29) is 11.3 Å². The summed E-state index contributed by atoms with van der Waals surface area (Å²) in [6, 6.07) is 5.40. The van der Waals surface area contributed by atoms with Crippen molar-refractivity contribution in [2.75, 3.05) is 11.1 Å². The zero-order valence-electron chi connectivity index (χ0n) is 9.16. The molecule has 1 aromatic rings. The Hall–Kier alpha value is -1.03. The molecule has 0 spiro atoms. The first-order chi connectivity index (χ1) is 6.80. The molecule has 0 aromatic heterocycles. The number of aryl methyl sites for hydroxylation is 1. The second kappa shape index (κ2) is 2.98. The topological polar surface area (TPSA) is 46.2 Å². The Morgan fingerprint density at radius 1 is 1.33 bits per heavy atom. The molecule has 0 unspecified atom stereocenters. The minimum atomic E-state index is -3.13. The average molecular weight is 225 g/mol. The number of hydrogen-bond acceptors (Lipinski definition) is 3. The van der Waals surface area contributed by atoms with Crippen LogP contribution in [-0.4, -0.2) is 19.7 Å². The lowest BCUT2D eigenvalue weighted by Gasteiger charge is -2.33. The number of hydrogen-bond donors (Lipinski definition) is 1. The fraction of sp³-hybridized carbons (Fsp3) is 0.455. The first-order valence-corrected chi connectivity index (χ1v) is 6.57. The van der Waals surface area contributed by atoms with E-state index in [1.807, 2.05) is 32.9 Å². The minimum Gasteiger partial charge on any atom is -0.378 e. The maximum Gasteiger partial charge on any atom is 0.182 e. The smallest absolute Gasteiger partial charge is 0.182 e. The summed E-state index contributed by atoms with van der Waals surface area (Å²) in [4.78, 5) is 0.424. The lowest BCUT2D eigenvalue weighted by atomic mass is 10.1. The van der Waals surface area contributed by atoms with Gasteiger partial charge < -0.3 is 5.32 Å². The van der Waals surface area contributed by atoms with Crippen molar-refractivity contribution < 1.29 is 8.42 Å². The molecule has 2 rings (SSSR count). The summed E-state index contributed by atoms with van der Waals surface area (Å²) >= 11 is 0. The van der Waals surface area contributed by atoms with Gasteiger partial charge in [0.05, 0.1) is 16.3 Å². The van der Waals surface area contributed by atoms with Crippen LogP contribution in [0, 0.1) is 6.92 Å². The molecule has 1 heterocycles. The summed E-state index contributed by atoms with van der Waals surface area (Å²) in [5.74, 6) is 0.149. The highest BCUT2D eigenvalue weighted by molar-refractivity contribution is 7.91. The van der Waals surface area contributed by atoms with Gasteiger partial charge in [-0.2, -0.15) is 0 Å². The van der Waals surface area contributed by atoms with Crippen molar-refractivity contribution in [2.45, 2.75) is 31.2 Å². The highest BCUT2D eigenvalue weighted by Crippen LogP contribution is 2.33. The van der Waals surface area contributed by atoms with Gasteiger partial charge in [-0.15, -0.1) is 0 Å². The van der Waals surface area contributed by atoms with E-state index in [0.717, 1.165) is 11.3 Å². The molecule has 82 valence electrons. The molecular weight excluding hydrogens is 210 g/mol. The Labute approximate surface area is 90.4 Å². The van der Waals surface area contributed by atoms with Gasteiger partial charge in [0.25, 0.3) is 0 Å². The van der Waals surface area contributed by atoms with Crippen molar-refractivity contribution in [1.29, 1.82) is 0 Å². The van der Waals surface area contributed by atoms with Crippen LogP contribution in [0.15, 0.2) is 23.1 Å². The van der Waals surface area contributed by atoms with Gasteiger partial charge in [-0.05, 0) is 38.5 Å². The van der Waals surface area contributed by atoms with Crippen LogP contribution in [0.25, 0.3) is 0 Å². The second-order valence-corrected chi connectivity index (χ2v) is 6.73. The summed E-state index contributed by atoms with van der Waals surface area (Å²) in [6.07, 6.45) is 0. The predicted molar refractivity (Wildman–Crippen MR) is 60.9 cm³/mol. The van der Waals surface area contributed by atoms with Crippen LogP contribution in [0.5, 0.6) is 0 Å². The van der Waals surface area contributed by atoms with Crippen molar-refractivity contribution in [3.8, 4) is 0 Å². The third-order valence-corrected chi connectivity index (χ3v) is 4.62. The third-order valence-electron chi connectivity index (χ3n) is 2.49. The van der Waals surface area contributed by atoms with Crippen LogP contribution in [0.2, 0.25) is 0 Å². The summed E-state index contributed by atoms with van der Waals surface area (Å²) in [7, 11) is -3.13. The molecule has 0 radical (unpaired) electrons. The van der Waals surface area contributed by atoms with Crippen molar-refractivity contribution >= 4 is 15.5 Å². The quantitative estimate of drug-likeness (QED) is 0.734. The number of rotatable bonds is 0. The number of anilines is 1. The third kappa shape index (κ3) is 1.86. The Kier molecular flexibility index (Phi) is 2.08. The fourth-order valence-corrected chi connectivity index (χ4v) is 3.86. The summed E-state index contributed by atoms with van der Waals surface area (Å²) in [5, 5.41) is 3.25. The lowest BCUT2D eigenvalue weighted by Crippen LogP contribution is -2.42. The van der Waals surface area contributed by atoms with E-state index >= 15 is 0 Å². The Morgan fingerprint density at radius 3 is 2.67 bits per heavy atom. The second-order valence-electron chi connectivity index (χ2n) is 4.77. The monoisotopic (exact) mass is 225 g/mol. The van der Waals surface area contributed by atoms with Crippen LogP contribution >= 0.6 is 0 Å². The van der Waals surface area contributed by atoms with Gasteiger partial charge in [-0.1, -0.05) is 6.07 Å². The molecule has 1 aliphatic rings. The molecule has 0 amide bonds. The largest absolute Gasteiger partial charge is 0.378 e. The molecule has 0 aliphatic carbocycles. The van der Waals surface area contributed by atoms with E-state index in [4.69, 9.17) is 0 Å². The number of nitrogens with one attached hydrogen (secondary N) is 1. The van der Waals surface area contributed by atoms with Crippen molar-refractivity contribution in [3.05, 3.63) is 23.8 Å². The Bertz CT molecular complexity index is 503. The van der Waals surface area contributed by atoms with E-state index in [1.165, 1.54) is 0 Å². The van der Waals surface area contributed by atoms with Crippen molar-refractivity contribution in [3.63, 3.8) is 0 Å². The van der Waals surface area contributed by atoms with Gasteiger partial charge in [-0.25, -0.2) is 8.42 Å². The highest BCUT2D eigenvalue weighted by Gasteiger charge is 2.34. The molecule has 0 fully saturated rings. The van der Waals surface area contributed by atoms with Gasteiger partial charge in [0, 0.05) is 5.54 Å². The van der Waals surface area contributed by atoms with Gasteiger partial charge in [-0.3, -0.25) is 0 Å². The van der Waals surface area contributed by atoms with E-state index in [2.05, 4.69) is 5.32 Å². The van der Waals surface area contributed by atoms with E-state index in [9.17, 15) is 8.42 Å². The molecule has 4 heteroatoms. The Morgan fingerprint density at radius 2 is 2.00 bits per heavy atom. The van der Waals surface area contributed by atoms with Crippen molar-refractivity contribution in [2.24, 2.45) is 0 Å². The van der Waals surface area contributed by atoms with E-state index < -0.39 is 9.84 Å². The summed E-state index contributed by atoms with van der Waals surface area (Å²) in [5.41, 5.74) is 1.40. The normalized spacial score (nSPS) is 21.5. The fourth-order valence-electron chi connectivity index (χ4n) is 1.97. The molecule has 15 heavy (non-hydrogen) atoms. The first-order valence-electron chi connectivity index (χ1n) is 4.92. The summed E-state index contributed by atoms with van der Waals surface area (Å²) < 4.78 is 23.9. The molecule has 0 bridgehead atoms. The lowest BCUT2D eigenvalue weighted by molar-refractivity contribution is 0.556. The number of fused-ring (bicyclic) bond motifs is 1. The van der Waals surface area contributed by atoms with Gasteiger partial charge in [0.15, 0.2) is 9.84 Å². The molecule has 3 nitrogen and oxygen atoms in total. The van der Waals surface area contributed by atoms with Gasteiger partial charge in [0.1, 0.15) is 0 Å². The molecule has 1 aromatic carbocycles. The Balaban J connectivity index is 2.66. The van der Waals surface area contributed by atoms with Crippen LogP contribution in [0.3, 0.4) is 0 Å². The van der Waals surface area contributed by atoms with Crippen LogP contribution in [0.4, 0.5) is 5.69 Å². The number of benzene rings is 1. The van der Waals surface area contributed by atoms with Gasteiger partial charge >= 0.3 is 0 Å². The van der Waals surface area contributed by atoms with Gasteiger partial charge in [0.2, 0.25) is 0 Å². The zero-order valence-corrected chi connectivity index (χ0v) is 9.98. The van der Waals surface area contributed by atoms with Crippen LogP contribution in [0.1, 0.15) is 19.4 Å². The van der Waals surface area contributed by atoms with Crippen LogP contribution < -0.4 is 5.32 Å². The standard InChI is InChI=1S/C11H15NO2S/c1-8-4-5-10-9(6-8)12-11(2,3)7-15(10,13)14/h4-6,12H,7H2,1-3H3. The van der Waals surface area contributed by atoms with Crippen LogP contribution in [-0.2, 0) is 9.84 Å².